The van der Waals surface area contributed by atoms with Crippen LogP contribution in [0.15, 0.2) is 18.2 Å². The van der Waals surface area contributed by atoms with E-state index in [0.717, 1.165) is 6.42 Å². The summed E-state index contributed by atoms with van der Waals surface area (Å²) in [5.74, 6) is 0. The van der Waals surface area contributed by atoms with Crippen LogP contribution in [0.4, 0.5) is 0 Å². The van der Waals surface area contributed by atoms with Crippen LogP contribution in [0, 0.1) is 13.8 Å². The summed E-state index contributed by atoms with van der Waals surface area (Å²) in [5, 5.41) is 0.228. The second-order valence-corrected chi connectivity index (χ2v) is 4.23. The van der Waals surface area contributed by atoms with Gasteiger partial charge in [0, 0.05) is 5.38 Å². The van der Waals surface area contributed by atoms with Crippen molar-refractivity contribution in [2.75, 3.05) is 0 Å². The summed E-state index contributed by atoms with van der Waals surface area (Å²) in [6.45, 7) is 6.27. The first kappa shape index (κ1) is 9.60. The van der Waals surface area contributed by atoms with Crippen molar-refractivity contribution in [1.29, 1.82) is 0 Å². The molecular formula is C11H15Cl. The zero-order chi connectivity index (χ0) is 9.14. The van der Waals surface area contributed by atoms with Crippen molar-refractivity contribution in [3.8, 4) is 0 Å². The van der Waals surface area contributed by atoms with Crippen LogP contribution in [0.2, 0.25) is 0 Å². The Morgan fingerprint density at radius 1 is 1.17 bits per heavy atom. The van der Waals surface area contributed by atoms with Gasteiger partial charge in [-0.2, -0.15) is 0 Å². The van der Waals surface area contributed by atoms with Gasteiger partial charge in [0.1, 0.15) is 0 Å². The van der Waals surface area contributed by atoms with Gasteiger partial charge in [-0.3, -0.25) is 0 Å². The van der Waals surface area contributed by atoms with Crippen molar-refractivity contribution in [3.05, 3.63) is 34.9 Å². The van der Waals surface area contributed by atoms with Crippen LogP contribution in [-0.4, -0.2) is 5.38 Å². The maximum atomic E-state index is 5.92. The lowest BCUT2D eigenvalue weighted by atomic mass is 10.0. The van der Waals surface area contributed by atoms with E-state index in [-0.39, 0.29) is 5.38 Å². The lowest BCUT2D eigenvalue weighted by molar-refractivity contribution is 0.928. The summed E-state index contributed by atoms with van der Waals surface area (Å²) < 4.78 is 0. The Balaban J connectivity index is 2.85. The predicted molar refractivity (Wildman–Crippen MR) is 54.9 cm³/mol. The first-order chi connectivity index (χ1) is 5.58. The molecular weight excluding hydrogens is 168 g/mol. The molecule has 66 valence electrons. The van der Waals surface area contributed by atoms with Crippen molar-refractivity contribution in [2.24, 2.45) is 0 Å². The summed E-state index contributed by atoms with van der Waals surface area (Å²) >= 11 is 5.92. The molecule has 0 saturated carbocycles. The normalized spacial score (nSPS) is 13.0. The maximum Gasteiger partial charge on any atom is 0.0348 e. The highest BCUT2D eigenvalue weighted by molar-refractivity contribution is 6.20. The van der Waals surface area contributed by atoms with Crippen molar-refractivity contribution in [2.45, 2.75) is 32.6 Å². The Bertz CT molecular complexity index is 243. The SMILES string of the molecule is Cc1cc(C)cc(CC(C)Cl)c1. The van der Waals surface area contributed by atoms with Gasteiger partial charge < -0.3 is 0 Å². The molecule has 1 unspecified atom stereocenters. The van der Waals surface area contributed by atoms with E-state index < -0.39 is 0 Å². The van der Waals surface area contributed by atoms with Crippen LogP contribution in [0.25, 0.3) is 0 Å². The summed E-state index contributed by atoms with van der Waals surface area (Å²) in [7, 11) is 0. The first-order valence-corrected chi connectivity index (χ1v) is 4.73. The van der Waals surface area contributed by atoms with E-state index in [0.29, 0.717) is 0 Å². The molecule has 0 nitrogen and oxygen atoms in total. The Labute approximate surface area is 79.6 Å². The average Bonchev–Trinajstić information content (AvgIpc) is 1.81. The summed E-state index contributed by atoms with van der Waals surface area (Å²) in [6.07, 6.45) is 0.962. The van der Waals surface area contributed by atoms with Gasteiger partial charge in [-0.15, -0.1) is 11.6 Å². The molecule has 0 amide bonds. The zero-order valence-corrected chi connectivity index (χ0v) is 8.65. The van der Waals surface area contributed by atoms with E-state index in [1.165, 1.54) is 16.7 Å². The molecule has 0 aliphatic heterocycles. The molecule has 0 bridgehead atoms. The zero-order valence-electron chi connectivity index (χ0n) is 7.89. The molecule has 0 fully saturated rings. The Kier molecular flexibility index (Phi) is 3.16. The van der Waals surface area contributed by atoms with Gasteiger partial charge in [-0.1, -0.05) is 29.3 Å². The van der Waals surface area contributed by atoms with E-state index in [2.05, 4.69) is 32.0 Å². The molecule has 0 aliphatic carbocycles. The van der Waals surface area contributed by atoms with Crippen LogP contribution in [0.5, 0.6) is 0 Å². The molecule has 0 heterocycles. The van der Waals surface area contributed by atoms with Crippen molar-refractivity contribution >= 4 is 11.6 Å². The summed E-state index contributed by atoms with van der Waals surface area (Å²) in [4.78, 5) is 0. The minimum absolute atomic E-state index is 0.228. The lowest BCUT2D eigenvalue weighted by Gasteiger charge is -2.05. The third-order valence-electron chi connectivity index (χ3n) is 1.80. The van der Waals surface area contributed by atoms with Crippen molar-refractivity contribution in [3.63, 3.8) is 0 Å². The number of hydrogen-bond acceptors (Lipinski definition) is 0. The number of aryl methyl sites for hydroxylation is 2. The monoisotopic (exact) mass is 182 g/mol. The molecule has 1 rings (SSSR count). The highest BCUT2D eigenvalue weighted by Gasteiger charge is 2.00. The van der Waals surface area contributed by atoms with Crippen molar-refractivity contribution < 1.29 is 0 Å². The van der Waals surface area contributed by atoms with E-state index in [4.69, 9.17) is 11.6 Å². The second kappa shape index (κ2) is 3.95. The minimum Gasteiger partial charge on any atom is -0.123 e. The standard InChI is InChI=1S/C11H15Cl/c1-8-4-9(2)6-11(5-8)7-10(3)12/h4-6,10H,7H2,1-3H3. The fourth-order valence-corrected chi connectivity index (χ4v) is 1.69. The molecule has 0 spiro atoms. The topological polar surface area (TPSA) is 0 Å². The first-order valence-electron chi connectivity index (χ1n) is 4.29. The van der Waals surface area contributed by atoms with Crippen LogP contribution in [0.1, 0.15) is 23.6 Å². The molecule has 1 atom stereocenters. The number of benzene rings is 1. The average molecular weight is 183 g/mol. The van der Waals surface area contributed by atoms with E-state index in [9.17, 15) is 0 Å². The molecule has 0 aliphatic rings. The lowest BCUT2D eigenvalue weighted by Crippen LogP contribution is -1.97. The Morgan fingerprint density at radius 2 is 1.67 bits per heavy atom. The highest BCUT2D eigenvalue weighted by atomic mass is 35.5. The van der Waals surface area contributed by atoms with Crippen LogP contribution in [0.3, 0.4) is 0 Å². The van der Waals surface area contributed by atoms with E-state index >= 15 is 0 Å². The molecule has 1 heteroatoms. The number of halogens is 1. The molecule has 0 saturated heterocycles. The largest absolute Gasteiger partial charge is 0.123 e. The predicted octanol–water partition coefficient (Wildman–Crippen LogP) is 3.47. The minimum atomic E-state index is 0.228. The second-order valence-electron chi connectivity index (χ2n) is 3.48. The van der Waals surface area contributed by atoms with Gasteiger partial charge in [0.2, 0.25) is 0 Å². The van der Waals surface area contributed by atoms with Crippen molar-refractivity contribution in [1.82, 2.24) is 0 Å². The smallest absolute Gasteiger partial charge is 0.0348 e. The molecule has 0 radical (unpaired) electrons. The van der Waals surface area contributed by atoms with Gasteiger partial charge in [0.15, 0.2) is 0 Å². The third-order valence-corrected chi connectivity index (χ3v) is 1.95. The Hall–Kier alpha value is -0.490. The van der Waals surface area contributed by atoms with Gasteiger partial charge in [0.05, 0.1) is 0 Å². The van der Waals surface area contributed by atoms with Gasteiger partial charge in [0.25, 0.3) is 0 Å². The van der Waals surface area contributed by atoms with Crippen LogP contribution in [-0.2, 0) is 6.42 Å². The fourth-order valence-electron chi connectivity index (χ4n) is 1.51. The summed E-state index contributed by atoms with van der Waals surface area (Å²) in [5.41, 5.74) is 3.99. The number of alkyl halides is 1. The Morgan fingerprint density at radius 3 is 2.08 bits per heavy atom. The fraction of sp³-hybridized carbons (Fsp3) is 0.455. The van der Waals surface area contributed by atoms with Crippen LogP contribution >= 0.6 is 11.6 Å². The highest BCUT2D eigenvalue weighted by Crippen LogP contribution is 2.12. The van der Waals surface area contributed by atoms with Crippen LogP contribution < -0.4 is 0 Å². The molecule has 0 aromatic heterocycles. The third kappa shape index (κ3) is 2.86. The summed E-state index contributed by atoms with van der Waals surface area (Å²) in [6, 6.07) is 6.58. The maximum absolute atomic E-state index is 5.92. The van der Waals surface area contributed by atoms with Gasteiger partial charge >= 0.3 is 0 Å². The molecule has 12 heavy (non-hydrogen) atoms. The van der Waals surface area contributed by atoms with E-state index in [1.54, 1.807) is 0 Å². The quantitative estimate of drug-likeness (QED) is 0.615. The van der Waals surface area contributed by atoms with Gasteiger partial charge in [-0.25, -0.2) is 0 Å². The molecule has 0 N–H and O–H groups in total. The molecule has 1 aromatic carbocycles. The molecule has 1 aromatic rings. The van der Waals surface area contributed by atoms with Gasteiger partial charge in [-0.05, 0) is 32.8 Å². The number of hydrogen-bond donors (Lipinski definition) is 0. The van der Waals surface area contributed by atoms with E-state index in [1.807, 2.05) is 6.92 Å². The number of rotatable bonds is 2.